The van der Waals surface area contributed by atoms with E-state index in [1.807, 2.05) is 42.5 Å². The molecule has 2 aliphatic heterocycles. The normalized spacial score (nSPS) is 15.5. The summed E-state index contributed by atoms with van der Waals surface area (Å²) in [7, 11) is 0. The van der Waals surface area contributed by atoms with Crippen LogP contribution in [-0.2, 0) is 6.54 Å². The Balaban J connectivity index is 1.36. The lowest BCUT2D eigenvalue weighted by molar-refractivity contribution is 0.0712. The number of hydrogen-bond donors (Lipinski definition) is 0. The fourth-order valence-electron chi connectivity index (χ4n) is 5.74. The van der Waals surface area contributed by atoms with E-state index in [2.05, 4.69) is 23.7 Å². The number of amides is 2. The van der Waals surface area contributed by atoms with Gasteiger partial charge in [-0.1, -0.05) is 30.3 Å². The number of hydrogen-bond acceptors (Lipinski definition) is 6. The van der Waals surface area contributed by atoms with Crippen molar-refractivity contribution >= 4 is 17.5 Å². The van der Waals surface area contributed by atoms with Crippen molar-refractivity contribution in [3.8, 4) is 22.6 Å². The third kappa shape index (κ3) is 6.28. The summed E-state index contributed by atoms with van der Waals surface area (Å²) in [6, 6.07) is 23.1. The smallest absolute Gasteiger partial charge is 0.276 e. The molecular formula is C35H35FN4O4. The predicted molar refractivity (Wildman–Crippen MR) is 166 cm³/mol. The van der Waals surface area contributed by atoms with Crippen molar-refractivity contribution in [3.05, 3.63) is 108 Å². The van der Waals surface area contributed by atoms with Crippen molar-refractivity contribution in [1.29, 1.82) is 0 Å². The van der Waals surface area contributed by atoms with Crippen LogP contribution in [0.2, 0.25) is 0 Å². The Labute approximate surface area is 256 Å². The molecule has 3 aromatic carbocycles. The van der Waals surface area contributed by atoms with Gasteiger partial charge in [-0.05, 0) is 85.5 Å². The standard InChI is InChI=1S/C35H35FN4O4/c1-24(2)38-15-6-16-40(35(42)30-9-3-4-14-37-30)31-21-29(36)12-10-28(31)22-39(18-17-38)34(41)27-8-5-7-25(19-27)26-11-13-32-33(20-26)44-23-43-32/h3-5,7-14,19-21,24H,6,15-18,22-23H2,1-2H3. The second-order valence-electron chi connectivity index (χ2n) is 11.3. The van der Waals surface area contributed by atoms with Gasteiger partial charge in [-0.3, -0.25) is 19.5 Å². The van der Waals surface area contributed by atoms with Crippen LogP contribution in [-0.4, -0.2) is 65.6 Å². The lowest BCUT2D eigenvalue weighted by Crippen LogP contribution is -2.41. The van der Waals surface area contributed by atoms with Crippen LogP contribution in [0.15, 0.2) is 85.1 Å². The Kier molecular flexibility index (Phi) is 8.56. The first-order valence-corrected chi connectivity index (χ1v) is 14.9. The monoisotopic (exact) mass is 594 g/mol. The van der Waals surface area contributed by atoms with Gasteiger partial charge in [-0.2, -0.15) is 0 Å². The van der Waals surface area contributed by atoms with Gasteiger partial charge in [0.2, 0.25) is 6.79 Å². The Morgan fingerprint density at radius 1 is 0.818 bits per heavy atom. The minimum absolute atomic E-state index is 0.145. The minimum Gasteiger partial charge on any atom is -0.454 e. The molecule has 0 atom stereocenters. The molecule has 0 radical (unpaired) electrons. The first kappa shape index (κ1) is 29.3. The van der Waals surface area contributed by atoms with E-state index in [-0.39, 0.29) is 36.9 Å². The molecule has 1 aromatic heterocycles. The van der Waals surface area contributed by atoms with Gasteiger partial charge in [0.05, 0.1) is 5.69 Å². The van der Waals surface area contributed by atoms with Crippen LogP contribution in [0.3, 0.4) is 0 Å². The Morgan fingerprint density at radius 2 is 1.66 bits per heavy atom. The second kappa shape index (κ2) is 12.9. The van der Waals surface area contributed by atoms with Crippen molar-refractivity contribution in [2.45, 2.75) is 32.9 Å². The zero-order valence-electron chi connectivity index (χ0n) is 24.9. The van der Waals surface area contributed by atoms with E-state index in [0.717, 1.165) is 17.7 Å². The highest BCUT2D eigenvalue weighted by atomic mass is 19.1. The highest BCUT2D eigenvalue weighted by Gasteiger charge is 2.27. The maximum absolute atomic E-state index is 14.7. The number of ether oxygens (including phenoxy) is 2. The molecule has 2 amide bonds. The van der Waals surface area contributed by atoms with E-state index in [9.17, 15) is 14.0 Å². The second-order valence-corrected chi connectivity index (χ2v) is 11.3. The Morgan fingerprint density at radius 3 is 2.48 bits per heavy atom. The molecule has 0 bridgehead atoms. The summed E-state index contributed by atoms with van der Waals surface area (Å²) in [4.78, 5) is 37.9. The van der Waals surface area contributed by atoms with Gasteiger partial charge in [-0.15, -0.1) is 0 Å². The Bertz CT molecular complexity index is 1660. The van der Waals surface area contributed by atoms with E-state index in [0.29, 0.717) is 54.4 Å². The number of halogens is 1. The topological polar surface area (TPSA) is 75.2 Å². The van der Waals surface area contributed by atoms with Gasteiger partial charge in [0.1, 0.15) is 11.5 Å². The molecule has 8 nitrogen and oxygen atoms in total. The number of rotatable bonds is 4. The molecule has 0 unspecified atom stereocenters. The molecule has 0 N–H and O–H groups in total. The van der Waals surface area contributed by atoms with Crippen LogP contribution in [0, 0.1) is 5.82 Å². The number of anilines is 1. The van der Waals surface area contributed by atoms with Gasteiger partial charge in [-0.25, -0.2) is 4.39 Å². The molecule has 3 heterocycles. The van der Waals surface area contributed by atoms with Crippen molar-refractivity contribution in [2.24, 2.45) is 0 Å². The van der Waals surface area contributed by atoms with Crippen LogP contribution in [0.1, 0.15) is 46.7 Å². The quantitative estimate of drug-likeness (QED) is 0.288. The molecule has 0 saturated heterocycles. The maximum Gasteiger partial charge on any atom is 0.276 e. The van der Waals surface area contributed by atoms with Gasteiger partial charge < -0.3 is 19.3 Å². The van der Waals surface area contributed by atoms with Gasteiger partial charge >= 0.3 is 0 Å². The number of fused-ring (bicyclic) bond motifs is 2. The SMILES string of the molecule is CC(C)N1CCCN(C(=O)c2ccccn2)c2cc(F)ccc2CN(C(=O)c2cccc(-c3ccc4c(c3)OCO4)c2)CC1. The summed E-state index contributed by atoms with van der Waals surface area (Å²) in [5.41, 5.74) is 3.75. The number of nitrogens with zero attached hydrogens (tertiary/aromatic N) is 4. The van der Waals surface area contributed by atoms with E-state index in [1.54, 1.807) is 40.3 Å². The zero-order valence-corrected chi connectivity index (χ0v) is 24.9. The molecule has 44 heavy (non-hydrogen) atoms. The van der Waals surface area contributed by atoms with Gasteiger partial charge in [0.15, 0.2) is 11.5 Å². The van der Waals surface area contributed by atoms with Crippen LogP contribution in [0.25, 0.3) is 11.1 Å². The highest BCUT2D eigenvalue weighted by molar-refractivity contribution is 6.05. The molecule has 0 aliphatic carbocycles. The van der Waals surface area contributed by atoms with Crippen molar-refractivity contribution in [2.75, 3.05) is 37.9 Å². The molecule has 0 saturated carbocycles. The van der Waals surface area contributed by atoms with Crippen LogP contribution < -0.4 is 14.4 Å². The van der Waals surface area contributed by atoms with E-state index >= 15 is 0 Å². The minimum atomic E-state index is -0.449. The van der Waals surface area contributed by atoms with Crippen molar-refractivity contribution in [1.82, 2.24) is 14.8 Å². The average Bonchev–Trinajstić information content (AvgIpc) is 3.51. The zero-order chi connectivity index (χ0) is 30.6. The van der Waals surface area contributed by atoms with Crippen LogP contribution in [0.5, 0.6) is 11.5 Å². The first-order valence-electron chi connectivity index (χ1n) is 14.9. The third-order valence-electron chi connectivity index (χ3n) is 8.15. The number of aromatic nitrogens is 1. The van der Waals surface area contributed by atoms with Crippen LogP contribution >= 0.6 is 0 Å². The largest absolute Gasteiger partial charge is 0.454 e. The summed E-state index contributed by atoms with van der Waals surface area (Å²) in [6.45, 7) is 6.89. The number of carbonyl (C=O) groups is 2. The molecule has 0 spiro atoms. The first-order chi connectivity index (χ1) is 21.4. The molecular weight excluding hydrogens is 559 g/mol. The molecule has 0 fully saturated rings. The summed E-state index contributed by atoms with van der Waals surface area (Å²) >= 11 is 0. The number of pyridine rings is 1. The summed E-state index contributed by atoms with van der Waals surface area (Å²) in [5, 5.41) is 0. The Hall–Kier alpha value is -4.76. The summed E-state index contributed by atoms with van der Waals surface area (Å²) < 4.78 is 25.8. The molecule has 2 aliphatic rings. The summed E-state index contributed by atoms with van der Waals surface area (Å²) in [6.07, 6.45) is 2.25. The van der Waals surface area contributed by atoms with Crippen LogP contribution in [0.4, 0.5) is 10.1 Å². The average molecular weight is 595 g/mol. The fourth-order valence-corrected chi connectivity index (χ4v) is 5.74. The highest BCUT2D eigenvalue weighted by Crippen LogP contribution is 2.36. The van der Waals surface area contributed by atoms with E-state index in [4.69, 9.17) is 9.47 Å². The van der Waals surface area contributed by atoms with Gasteiger partial charge in [0.25, 0.3) is 11.8 Å². The number of benzene rings is 3. The molecule has 6 rings (SSSR count). The van der Waals surface area contributed by atoms with E-state index < -0.39 is 5.82 Å². The maximum atomic E-state index is 14.7. The van der Waals surface area contributed by atoms with Crippen molar-refractivity contribution < 1.29 is 23.5 Å². The summed E-state index contributed by atoms with van der Waals surface area (Å²) in [5.74, 6) is 0.477. The molecule has 9 heteroatoms. The van der Waals surface area contributed by atoms with E-state index in [1.165, 1.54) is 12.1 Å². The lowest BCUT2D eigenvalue weighted by atomic mass is 10.0. The fraction of sp³-hybridized carbons (Fsp3) is 0.286. The molecule has 4 aromatic rings. The van der Waals surface area contributed by atoms with Gasteiger partial charge in [0, 0.05) is 50.5 Å². The lowest BCUT2D eigenvalue weighted by Gasteiger charge is -2.30. The van der Waals surface area contributed by atoms with Crippen molar-refractivity contribution in [3.63, 3.8) is 0 Å². The predicted octanol–water partition coefficient (Wildman–Crippen LogP) is 6.02. The third-order valence-corrected chi connectivity index (χ3v) is 8.15. The number of carbonyl (C=O) groups excluding carboxylic acids is 2. The molecule has 226 valence electrons.